The van der Waals surface area contributed by atoms with Gasteiger partial charge in [-0.3, -0.25) is 14.8 Å². The third-order valence-corrected chi connectivity index (χ3v) is 4.68. The van der Waals surface area contributed by atoms with Gasteiger partial charge in [0.2, 0.25) is 0 Å². The largest absolute Gasteiger partial charge is 0.468 e. The quantitative estimate of drug-likeness (QED) is 0.805. The van der Waals surface area contributed by atoms with E-state index in [0.29, 0.717) is 12.0 Å². The van der Waals surface area contributed by atoms with Gasteiger partial charge in [0.1, 0.15) is 5.54 Å². The van der Waals surface area contributed by atoms with E-state index in [4.69, 9.17) is 4.74 Å². The molecule has 2 fully saturated rings. The van der Waals surface area contributed by atoms with Crippen molar-refractivity contribution in [2.24, 2.45) is 5.92 Å². The van der Waals surface area contributed by atoms with E-state index in [1.807, 2.05) is 16.9 Å². The molecule has 110 valence electrons. The first-order valence-electron chi connectivity index (χ1n) is 7.58. The molecule has 3 rings (SSSR count). The number of methoxy groups -OCH3 is 1. The Bertz CT molecular complexity index is 456. The molecule has 2 aliphatic carbocycles. The van der Waals surface area contributed by atoms with E-state index in [9.17, 15) is 4.79 Å². The standard InChI is InChI=1S/C15H23N3O2/c1-20-14(19)15(17-13-5-6-13)8-2-4-12(15)7-11-18-10-3-9-16-18/h3,9-10,12-13,17H,2,4-8,11H2,1H3. The van der Waals surface area contributed by atoms with E-state index in [1.165, 1.54) is 20.0 Å². The lowest BCUT2D eigenvalue weighted by atomic mass is 9.84. The number of nitrogens with zero attached hydrogens (tertiary/aromatic N) is 2. The summed E-state index contributed by atoms with van der Waals surface area (Å²) in [5.41, 5.74) is -0.455. The average Bonchev–Trinajstić information content (AvgIpc) is 2.96. The van der Waals surface area contributed by atoms with E-state index in [-0.39, 0.29) is 5.97 Å². The maximum Gasteiger partial charge on any atom is 0.326 e. The molecule has 0 aliphatic heterocycles. The summed E-state index contributed by atoms with van der Waals surface area (Å²) in [5.74, 6) is 0.270. The summed E-state index contributed by atoms with van der Waals surface area (Å²) >= 11 is 0. The van der Waals surface area contributed by atoms with Crippen molar-refractivity contribution in [1.29, 1.82) is 0 Å². The second kappa shape index (κ2) is 5.56. The molecular formula is C15H23N3O2. The van der Waals surface area contributed by atoms with Crippen LogP contribution in [0.15, 0.2) is 18.5 Å². The van der Waals surface area contributed by atoms with Crippen LogP contribution in [0.2, 0.25) is 0 Å². The second-order valence-corrected chi connectivity index (χ2v) is 6.03. The molecule has 0 saturated heterocycles. The highest BCUT2D eigenvalue weighted by Gasteiger charge is 2.51. The van der Waals surface area contributed by atoms with Gasteiger partial charge in [-0.2, -0.15) is 5.10 Å². The zero-order chi connectivity index (χ0) is 14.0. The molecular weight excluding hydrogens is 254 g/mol. The van der Waals surface area contributed by atoms with Crippen molar-refractivity contribution in [2.45, 2.75) is 56.7 Å². The van der Waals surface area contributed by atoms with Gasteiger partial charge in [0.05, 0.1) is 7.11 Å². The zero-order valence-electron chi connectivity index (χ0n) is 12.0. The smallest absolute Gasteiger partial charge is 0.326 e. The van der Waals surface area contributed by atoms with Crippen molar-refractivity contribution in [3.05, 3.63) is 18.5 Å². The van der Waals surface area contributed by atoms with Gasteiger partial charge in [-0.1, -0.05) is 6.42 Å². The summed E-state index contributed by atoms with van der Waals surface area (Å²) in [6.45, 7) is 0.864. The van der Waals surface area contributed by atoms with Gasteiger partial charge in [-0.05, 0) is 44.1 Å². The molecule has 0 spiro atoms. The maximum atomic E-state index is 12.4. The van der Waals surface area contributed by atoms with E-state index in [1.54, 1.807) is 6.20 Å². The normalized spacial score (nSPS) is 29.6. The molecule has 2 saturated carbocycles. The SMILES string of the molecule is COC(=O)C1(NC2CC2)CCCC1CCn1cccn1. The molecule has 5 nitrogen and oxygen atoms in total. The van der Waals surface area contributed by atoms with Gasteiger partial charge in [0.15, 0.2) is 0 Å². The van der Waals surface area contributed by atoms with Crippen molar-refractivity contribution < 1.29 is 9.53 Å². The fourth-order valence-electron chi connectivity index (χ4n) is 3.48. The van der Waals surface area contributed by atoms with Crippen LogP contribution in [0.1, 0.15) is 38.5 Å². The molecule has 0 radical (unpaired) electrons. The Hall–Kier alpha value is -1.36. The summed E-state index contributed by atoms with van der Waals surface area (Å²) in [6, 6.07) is 2.45. The van der Waals surface area contributed by atoms with E-state index in [0.717, 1.165) is 32.2 Å². The lowest BCUT2D eigenvalue weighted by molar-refractivity contribution is -0.150. The number of aryl methyl sites for hydroxylation is 1. The van der Waals surface area contributed by atoms with Gasteiger partial charge >= 0.3 is 5.97 Å². The van der Waals surface area contributed by atoms with Crippen molar-refractivity contribution in [1.82, 2.24) is 15.1 Å². The minimum Gasteiger partial charge on any atom is -0.468 e. The van der Waals surface area contributed by atoms with Crippen LogP contribution in [0, 0.1) is 5.92 Å². The Morgan fingerprint density at radius 3 is 3.00 bits per heavy atom. The summed E-state index contributed by atoms with van der Waals surface area (Å²) in [7, 11) is 1.50. The summed E-state index contributed by atoms with van der Waals surface area (Å²) in [5, 5.41) is 7.84. The maximum absolute atomic E-state index is 12.4. The van der Waals surface area contributed by atoms with Crippen LogP contribution in [-0.2, 0) is 16.1 Å². The monoisotopic (exact) mass is 277 g/mol. The minimum absolute atomic E-state index is 0.0765. The number of nitrogens with one attached hydrogen (secondary N) is 1. The summed E-state index contributed by atoms with van der Waals surface area (Å²) in [6.07, 6.45) is 10.2. The molecule has 1 heterocycles. The molecule has 2 atom stereocenters. The van der Waals surface area contributed by atoms with Crippen molar-refractivity contribution in [3.63, 3.8) is 0 Å². The fourth-order valence-corrected chi connectivity index (χ4v) is 3.48. The average molecular weight is 277 g/mol. The number of hydrogen-bond acceptors (Lipinski definition) is 4. The molecule has 2 unspecified atom stereocenters. The first-order valence-corrected chi connectivity index (χ1v) is 7.58. The highest BCUT2D eigenvalue weighted by molar-refractivity contribution is 5.81. The van der Waals surface area contributed by atoms with Gasteiger partial charge in [0, 0.05) is 25.0 Å². The molecule has 2 aliphatic rings. The lowest BCUT2D eigenvalue weighted by Gasteiger charge is -2.34. The number of carbonyl (C=O) groups is 1. The van der Waals surface area contributed by atoms with Crippen LogP contribution in [0.4, 0.5) is 0 Å². The van der Waals surface area contributed by atoms with Crippen molar-refractivity contribution in [2.75, 3.05) is 7.11 Å². The molecule has 0 bridgehead atoms. The molecule has 0 aromatic carbocycles. The van der Waals surface area contributed by atoms with Crippen LogP contribution in [-0.4, -0.2) is 34.4 Å². The highest BCUT2D eigenvalue weighted by atomic mass is 16.5. The van der Waals surface area contributed by atoms with Gasteiger partial charge in [-0.25, -0.2) is 0 Å². The lowest BCUT2D eigenvalue weighted by Crippen LogP contribution is -2.56. The summed E-state index contributed by atoms with van der Waals surface area (Å²) in [4.78, 5) is 12.4. The Kier molecular flexibility index (Phi) is 3.78. The Morgan fingerprint density at radius 1 is 1.50 bits per heavy atom. The highest BCUT2D eigenvalue weighted by Crippen LogP contribution is 2.41. The summed E-state index contributed by atoms with van der Waals surface area (Å²) < 4.78 is 7.05. The molecule has 1 aromatic rings. The Labute approximate surface area is 119 Å². The minimum atomic E-state index is -0.455. The first kappa shape index (κ1) is 13.6. The third kappa shape index (κ3) is 2.59. The number of carbonyl (C=O) groups excluding carboxylic acids is 1. The fraction of sp³-hybridized carbons (Fsp3) is 0.733. The van der Waals surface area contributed by atoms with Gasteiger partial charge < -0.3 is 4.74 Å². The van der Waals surface area contributed by atoms with Gasteiger partial charge in [-0.15, -0.1) is 0 Å². The number of hydrogen-bond donors (Lipinski definition) is 1. The topological polar surface area (TPSA) is 56.1 Å². The molecule has 5 heteroatoms. The number of rotatable bonds is 6. The number of esters is 1. The van der Waals surface area contributed by atoms with E-state index < -0.39 is 5.54 Å². The van der Waals surface area contributed by atoms with Crippen LogP contribution < -0.4 is 5.32 Å². The van der Waals surface area contributed by atoms with E-state index in [2.05, 4.69) is 10.4 Å². The van der Waals surface area contributed by atoms with Crippen LogP contribution in [0.25, 0.3) is 0 Å². The molecule has 0 amide bonds. The molecule has 1 aromatic heterocycles. The third-order valence-electron chi connectivity index (χ3n) is 4.68. The van der Waals surface area contributed by atoms with Crippen molar-refractivity contribution >= 4 is 5.97 Å². The number of aromatic nitrogens is 2. The molecule has 20 heavy (non-hydrogen) atoms. The second-order valence-electron chi connectivity index (χ2n) is 6.03. The van der Waals surface area contributed by atoms with Crippen molar-refractivity contribution in [3.8, 4) is 0 Å². The Morgan fingerprint density at radius 2 is 2.35 bits per heavy atom. The zero-order valence-corrected chi connectivity index (χ0v) is 12.0. The van der Waals surface area contributed by atoms with Crippen LogP contribution >= 0.6 is 0 Å². The molecule has 1 N–H and O–H groups in total. The predicted octanol–water partition coefficient (Wildman–Crippen LogP) is 1.74. The van der Waals surface area contributed by atoms with Crippen LogP contribution in [0.5, 0.6) is 0 Å². The first-order chi connectivity index (χ1) is 9.74. The van der Waals surface area contributed by atoms with E-state index >= 15 is 0 Å². The predicted molar refractivity (Wildman–Crippen MR) is 75.1 cm³/mol. The van der Waals surface area contributed by atoms with Gasteiger partial charge in [0.25, 0.3) is 0 Å². The number of ether oxygens (including phenoxy) is 1. The van der Waals surface area contributed by atoms with Crippen LogP contribution in [0.3, 0.4) is 0 Å². The Balaban J connectivity index is 1.70.